The van der Waals surface area contributed by atoms with Gasteiger partial charge >= 0.3 is 0 Å². The third kappa shape index (κ3) is 4.64. The van der Waals surface area contributed by atoms with E-state index in [0.29, 0.717) is 23.6 Å². The van der Waals surface area contributed by atoms with E-state index in [0.717, 1.165) is 11.1 Å². The van der Waals surface area contributed by atoms with Crippen LogP contribution in [-0.2, 0) is 17.1 Å². The molecule has 0 aromatic heterocycles. The molecule has 0 heterocycles. The van der Waals surface area contributed by atoms with E-state index in [4.69, 9.17) is 5.26 Å². The van der Waals surface area contributed by atoms with Crippen LogP contribution in [0.4, 0.5) is 0 Å². The first kappa shape index (κ1) is 16.1. The Morgan fingerprint density at radius 1 is 1.14 bits per heavy atom. The molecule has 0 bridgehead atoms. The molecule has 2 aromatic rings. The predicted molar refractivity (Wildman–Crippen MR) is 90.2 cm³/mol. The molecule has 0 atom stereocenters. The van der Waals surface area contributed by atoms with Crippen molar-refractivity contribution >= 4 is 17.7 Å². The molecule has 0 saturated carbocycles. The topological polar surface area (TPSA) is 44.1 Å². The zero-order valence-corrected chi connectivity index (χ0v) is 13.3. The number of thioether (sulfide) groups is 1. The number of nitrogens with zero attached hydrogens (tertiary/aromatic N) is 2. The van der Waals surface area contributed by atoms with Crippen LogP contribution >= 0.6 is 11.8 Å². The third-order valence-corrected chi connectivity index (χ3v) is 4.28. The molecule has 0 aliphatic rings. The Balaban J connectivity index is 1.81. The fourth-order valence-electron chi connectivity index (χ4n) is 2.06. The van der Waals surface area contributed by atoms with Crippen LogP contribution in [0.15, 0.2) is 54.6 Å². The molecule has 0 fully saturated rings. The summed E-state index contributed by atoms with van der Waals surface area (Å²) in [6.07, 6.45) is 0. The molecule has 2 rings (SSSR count). The Hall–Kier alpha value is -2.25. The minimum Gasteiger partial charge on any atom is -0.341 e. The van der Waals surface area contributed by atoms with Gasteiger partial charge in [-0.2, -0.15) is 5.26 Å². The summed E-state index contributed by atoms with van der Waals surface area (Å²) in [4.78, 5) is 13.9. The van der Waals surface area contributed by atoms with Crippen LogP contribution in [0.2, 0.25) is 0 Å². The van der Waals surface area contributed by atoms with Crippen LogP contribution in [0.5, 0.6) is 0 Å². The number of benzene rings is 2. The predicted octanol–water partition coefficient (Wildman–Crippen LogP) is 3.45. The molecule has 2 aromatic carbocycles. The lowest BCUT2D eigenvalue weighted by atomic mass is 10.1. The summed E-state index contributed by atoms with van der Waals surface area (Å²) in [6.45, 7) is 0.620. The van der Waals surface area contributed by atoms with Gasteiger partial charge in [0.1, 0.15) is 0 Å². The maximum Gasteiger partial charge on any atom is 0.232 e. The normalized spacial score (nSPS) is 10.0. The highest BCUT2D eigenvalue weighted by atomic mass is 32.2. The summed E-state index contributed by atoms with van der Waals surface area (Å²) in [5.41, 5.74) is 2.78. The van der Waals surface area contributed by atoms with Gasteiger partial charge in [-0.15, -0.1) is 11.8 Å². The first-order valence-corrected chi connectivity index (χ1v) is 8.20. The number of nitriles is 1. The molecule has 0 aliphatic heterocycles. The molecular weight excluding hydrogens is 292 g/mol. The maximum absolute atomic E-state index is 12.1. The fourth-order valence-corrected chi connectivity index (χ4v) is 3.03. The number of hydrogen-bond acceptors (Lipinski definition) is 3. The Morgan fingerprint density at radius 2 is 1.82 bits per heavy atom. The second-order valence-corrected chi connectivity index (χ2v) is 5.98. The highest BCUT2D eigenvalue weighted by molar-refractivity contribution is 7.99. The van der Waals surface area contributed by atoms with Crippen LogP contribution in [0.1, 0.15) is 16.7 Å². The van der Waals surface area contributed by atoms with Gasteiger partial charge in [0.25, 0.3) is 0 Å². The molecular formula is C18H18N2OS. The maximum atomic E-state index is 12.1. The third-order valence-electron chi connectivity index (χ3n) is 3.31. The molecule has 0 unspecified atom stereocenters. The Kier molecular flexibility index (Phi) is 6.05. The summed E-state index contributed by atoms with van der Waals surface area (Å²) in [5, 5.41) is 9.04. The van der Waals surface area contributed by atoms with E-state index in [9.17, 15) is 4.79 Å². The molecule has 0 radical (unpaired) electrons. The van der Waals surface area contributed by atoms with Crippen molar-refractivity contribution in [3.63, 3.8) is 0 Å². The van der Waals surface area contributed by atoms with Crippen molar-refractivity contribution < 1.29 is 4.79 Å². The molecule has 3 nitrogen and oxygen atoms in total. The van der Waals surface area contributed by atoms with Crippen molar-refractivity contribution in [3.8, 4) is 6.07 Å². The highest BCUT2D eigenvalue weighted by Crippen LogP contribution is 2.16. The van der Waals surface area contributed by atoms with Crippen LogP contribution in [-0.4, -0.2) is 23.6 Å². The molecule has 0 N–H and O–H groups in total. The second-order valence-electron chi connectivity index (χ2n) is 5.00. The zero-order valence-electron chi connectivity index (χ0n) is 12.5. The van der Waals surface area contributed by atoms with E-state index >= 15 is 0 Å². The number of carbonyl (C=O) groups is 1. The first-order valence-electron chi connectivity index (χ1n) is 7.04. The van der Waals surface area contributed by atoms with Crippen LogP contribution in [0.3, 0.4) is 0 Å². The molecule has 0 spiro atoms. The summed E-state index contributed by atoms with van der Waals surface area (Å²) in [5.74, 6) is 1.20. The Morgan fingerprint density at radius 3 is 2.55 bits per heavy atom. The average Bonchev–Trinajstić information content (AvgIpc) is 2.56. The van der Waals surface area contributed by atoms with Crippen LogP contribution < -0.4 is 0 Å². The smallest absolute Gasteiger partial charge is 0.232 e. The summed E-state index contributed by atoms with van der Waals surface area (Å²) in [6, 6.07) is 19.6. The summed E-state index contributed by atoms with van der Waals surface area (Å²) in [7, 11) is 1.82. The van der Waals surface area contributed by atoms with Crippen molar-refractivity contribution in [2.75, 3.05) is 12.8 Å². The van der Waals surface area contributed by atoms with E-state index < -0.39 is 0 Å². The van der Waals surface area contributed by atoms with Gasteiger partial charge in [-0.1, -0.05) is 48.5 Å². The van der Waals surface area contributed by atoms with Crippen LogP contribution in [0, 0.1) is 11.3 Å². The number of hydrogen-bond donors (Lipinski definition) is 0. The SMILES string of the molecule is CN(Cc1ccccc1)C(=O)CSCc1ccccc1C#N. The molecule has 22 heavy (non-hydrogen) atoms. The van der Waals surface area contributed by atoms with Crippen molar-refractivity contribution in [3.05, 3.63) is 71.3 Å². The van der Waals surface area contributed by atoms with Gasteiger partial charge in [0.05, 0.1) is 17.4 Å². The van der Waals surface area contributed by atoms with Gasteiger partial charge in [-0.25, -0.2) is 0 Å². The van der Waals surface area contributed by atoms with Crippen molar-refractivity contribution in [2.24, 2.45) is 0 Å². The minimum absolute atomic E-state index is 0.100. The van der Waals surface area contributed by atoms with Gasteiger partial charge in [0.15, 0.2) is 0 Å². The molecule has 4 heteroatoms. The molecule has 0 aliphatic carbocycles. The van der Waals surface area contributed by atoms with Gasteiger partial charge in [0.2, 0.25) is 5.91 Å². The quantitative estimate of drug-likeness (QED) is 0.821. The number of rotatable bonds is 6. The number of carbonyl (C=O) groups excluding carboxylic acids is 1. The standard InChI is InChI=1S/C18H18N2OS/c1-20(12-15-7-3-2-4-8-15)18(21)14-22-13-17-10-6-5-9-16(17)11-19/h2-10H,12-14H2,1H3. The first-order chi connectivity index (χ1) is 10.7. The van der Waals surface area contributed by atoms with E-state index in [-0.39, 0.29) is 5.91 Å². The lowest BCUT2D eigenvalue weighted by Gasteiger charge is -2.17. The van der Waals surface area contributed by atoms with E-state index in [1.165, 1.54) is 0 Å². The highest BCUT2D eigenvalue weighted by Gasteiger charge is 2.10. The van der Waals surface area contributed by atoms with E-state index in [1.807, 2.05) is 55.6 Å². The van der Waals surface area contributed by atoms with Crippen LogP contribution in [0.25, 0.3) is 0 Å². The van der Waals surface area contributed by atoms with Crippen molar-refractivity contribution in [2.45, 2.75) is 12.3 Å². The molecule has 0 saturated heterocycles. The zero-order chi connectivity index (χ0) is 15.8. The van der Waals surface area contributed by atoms with Gasteiger partial charge in [-0.3, -0.25) is 4.79 Å². The van der Waals surface area contributed by atoms with E-state index in [2.05, 4.69) is 6.07 Å². The Bertz CT molecular complexity index is 664. The van der Waals surface area contributed by atoms with E-state index in [1.54, 1.807) is 22.7 Å². The average molecular weight is 310 g/mol. The summed E-state index contributed by atoms with van der Waals surface area (Å²) >= 11 is 1.54. The molecule has 1 amide bonds. The van der Waals surface area contributed by atoms with Gasteiger partial charge in [-0.05, 0) is 17.2 Å². The monoisotopic (exact) mass is 310 g/mol. The Labute approximate surface area is 135 Å². The van der Waals surface area contributed by atoms with Crippen molar-refractivity contribution in [1.29, 1.82) is 5.26 Å². The lowest BCUT2D eigenvalue weighted by Crippen LogP contribution is -2.27. The fraction of sp³-hybridized carbons (Fsp3) is 0.222. The second kappa shape index (κ2) is 8.26. The minimum atomic E-state index is 0.100. The van der Waals surface area contributed by atoms with Gasteiger partial charge < -0.3 is 4.90 Å². The summed E-state index contributed by atoms with van der Waals surface area (Å²) < 4.78 is 0. The van der Waals surface area contributed by atoms with Crippen molar-refractivity contribution in [1.82, 2.24) is 4.90 Å². The lowest BCUT2D eigenvalue weighted by molar-refractivity contribution is -0.127. The van der Waals surface area contributed by atoms with Gasteiger partial charge in [0, 0.05) is 19.3 Å². The molecule has 112 valence electrons. The number of amides is 1. The largest absolute Gasteiger partial charge is 0.341 e.